The molecular formula is C13H18N2O3. The Balaban J connectivity index is 2.04. The highest BCUT2D eigenvalue weighted by Crippen LogP contribution is 2.30. The highest BCUT2D eigenvalue weighted by Gasteiger charge is 2.25. The minimum Gasteiger partial charge on any atom is -0.476 e. The fourth-order valence-corrected chi connectivity index (χ4v) is 2.65. The van der Waals surface area contributed by atoms with Crippen LogP contribution in [-0.2, 0) is 0 Å². The maximum Gasteiger partial charge on any atom is 0.356 e. The van der Waals surface area contributed by atoms with E-state index >= 15 is 0 Å². The predicted octanol–water partition coefficient (Wildman–Crippen LogP) is 2.38. The molecule has 0 spiro atoms. The summed E-state index contributed by atoms with van der Waals surface area (Å²) in [4.78, 5) is 18.6. The van der Waals surface area contributed by atoms with Crippen LogP contribution in [0.4, 0.5) is 0 Å². The Hall–Kier alpha value is -1.65. The van der Waals surface area contributed by atoms with Crippen molar-refractivity contribution < 1.29 is 14.6 Å². The molecule has 1 fully saturated rings. The van der Waals surface area contributed by atoms with Crippen molar-refractivity contribution in [2.45, 2.75) is 39.2 Å². The fraction of sp³-hybridized carbons (Fsp3) is 0.615. The number of carbonyl (C=O) groups is 1. The first kappa shape index (κ1) is 12.8. The lowest BCUT2D eigenvalue weighted by Crippen LogP contribution is -2.29. The highest BCUT2D eigenvalue weighted by atomic mass is 16.5. The Bertz CT molecular complexity index is 426. The molecular weight excluding hydrogens is 232 g/mol. The average molecular weight is 250 g/mol. The van der Waals surface area contributed by atoms with Gasteiger partial charge < -0.3 is 9.84 Å². The van der Waals surface area contributed by atoms with Crippen LogP contribution >= 0.6 is 0 Å². The van der Waals surface area contributed by atoms with Gasteiger partial charge in [0.15, 0.2) is 5.69 Å². The number of aromatic nitrogens is 2. The van der Waals surface area contributed by atoms with E-state index in [9.17, 15) is 4.79 Å². The van der Waals surface area contributed by atoms with E-state index in [1.165, 1.54) is 18.8 Å². The van der Waals surface area contributed by atoms with Crippen LogP contribution in [0.3, 0.4) is 0 Å². The lowest BCUT2D eigenvalue weighted by atomic mass is 9.82. The summed E-state index contributed by atoms with van der Waals surface area (Å²) in [6, 6.07) is 0. The van der Waals surface area contributed by atoms with E-state index < -0.39 is 5.97 Å². The number of carboxylic acids is 1. The van der Waals surface area contributed by atoms with Gasteiger partial charge in [0.05, 0.1) is 12.4 Å². The van der Waals surface area contributed by atoms with E-state index in [4.69, 9.17) is 9.84 Å². The topological polar surface area (TPSA) is 72.3 Å². The Morgan fingerprint density at radius 3 is 2.56 bits per heavy atom. The summed E-state index contributed by atoms with van der Waals surface area (Å²) >= 11 is 0. The minimum atomic E-state index is -1.08. The number of hydrogen-bond acceptors (Lipinski definition) is 4. The Labute approximate surface area is 106 Å². The average Bonchev–Trinajstić information content (AvgIpc) is 2.27. The fourth-order valence-electron chi connectivity index (χ4n) is 2.65. The van der Waals surface area contributed by atoms with Gasteiger partial charge >= 0.3 is 5.97 Å². The van der Waals surface area contributed by atoms with Crippen LogP contribution < -0.4 is 4.74 Å². The summed E-state index contributed by atoms with van der Waals surface area (Å²) in [5.41, 5.74) is -0.0793. The maximum absolute atomic E-state index is 10.8. The summed E-state index contributed by atoms with van der Waals surface area (Å²) in [6.45, 7) is 4.43. The molecule has 5 heteroatoms. The molecule has 0 radical (unpaired) electrons. The van der Waals surface area contributed by atoms with E-state index in [1.54, 1.807) is 0 Å². The van der Waals surface area contributed by atoms with Gasteiger partial charge in [-0.15, -0.1) is 0 Å². The van der Waals surface area contributed by atoms with Gasteiger partial charge in [-0.05, 0) is 31.1 Å². The second-order valence-electron chi connectivity index (χ2n) is 5.21. The molecule has 0 aromatic carbocycles. The lowest BCUT2D eigenvalue weighted by Gasteiger charge is -2.31. The molecule has 2 rings (SSSR count). The second-order valence-corrected chi connectivity index (χ2v) is 5.21. The van der Waals surface area contributed by atoms with E-state index in [0.29, 0.717) is 17.7 Å². The summed E-state index contributed by atoms with van der Waals surface area (Å²) in [6.07, 6.45) is 6.01. The summed E-state index contributed by atoms with van der Waals surface area (Å²) in [7, 11) is 0. The van der Waals surface area contributed by atoms with Crippen molar-refractivity contribution in [2.24, 2.45) is 11.8 Å². The van der Waals surface area contributed by atoms with Crippen LogP contribution in [0.15, 0.2) is 12.4 Å². The largest absolute Gasteiger partial charge is 0.476 e. The smallest absolute Gasteiger partial charge is 0.356 e. The van der Waals surface area contributed by atoms with Crippen molar-refractivity contribution in [3.8, 4) is 5.88 Å². The molecule has 1 N–H and O–H groups in total. The molecule has 1 aromatic heterocycles. The molecule has 0 aliphatic heterocycles. The summed E-state index contributed by atoms with van der Waals surface area (Å²) in [5, 5.41) is 8.84. The maximum atomic E-state index is 10.8. The second kappa shape index (κ2) is 5.33. The highest BCUT2D eigenvalue weighted by molar-refractivity contribution is 5.84. The van der Waals surface area contributed by atoms with Gasteiger partial charge in [-0.25, -0.2) is 9.78 Å². The number of hydrogen-bond donors (Lipinski definition) is 1. The Kier molecular flexibility index (Phi) is 3.79. The zero-order chi connectivity index (χ0) is 13.1. The van der Waals surface area contributed by atoms with E-state index in [2.05, 4.69) is 23.8 Å². The van der Waals surface area contributed by atoms with Gasteiger partial charge in [0.2, 0.25) is 5.88 Å². The lowest BCUT2D eigenvalue weighted by molar-refractivity contribution is 0.0681. The molecule has 5 nitrogen and oxygen atoms in total. The molecule has 0 saturated heterocycles. The van der Waals surface area contributed by atoms with Crippen molar-refractivity contribution in [2.75, 3.05) is 0 Å². The molecule has 0 amide bonds. The van der Waals surface area contributed by atoms with Gasteiger partial charge in [0.25, 0.3) is 0 Å². The van der Waals surface area contributed by atoms with Crippen LogP contribution in [0.1, 0.15) is 43.6 Å². The number of nitrogens with zero attached hydrogens (tertiary/aromatic N) is 2. The van der Waals surface area contributed by atoms with Gasteiger partial charge in [-0.3, -0.25) is 4.98 Å². The van der Waals surface area contributed by atoms with Gasteiger partial charge in [0.1, 0.15) is 6.10 Å². The normalized spacial score (nSPS) is 27.8. The van der Waals surface area contributed by atoms with E-state index in [0.717, 1.165) is 12.8 Å². The molecule has 1 aliphatic carbocycles. The third-order valence-electron chi connectivity index (χ3n) is 3.25. The first-order valence-electron chi connectivity index (χ1n) is 6.26. The van der Waals surface area contributed by atoms with Gasteiger partial charge in [-0.2, -0.15) is 0 Å². The first-order valence-corrected chi connectivity index (χ1v) is 6.26. The molecule has 1 saturated carbocycles. The number of rotatable bonds is 3. The molecule has 1 aliphatic rings. The summed E-state index contributed by atoms with van der Waals surface area (Å²) in [5.74, 6) is 0.489. The minimum absolute atomic E-state index is 0.0793. The van der Waals surface area contributed by atoms with Crippen molar-refractivity contribution in [3.05, 3.63) is 18.1 Å². The third kappa shape index (κ3) is 3.18. The van der Waals surface area contributed by atoms with Crippen molar-refractivity contribution in [3.63, 3.8) is 0 Å². The number of carboxylic acid groups (broad SMARTS) is 1. The quantitative estimate of drug-likeness (QED) is 0.891. The monoisotopic (exact) mass is 250 g/mol. The van der Waals surface area contributed by atoms with Gasteiger partial charge in [0, 0.05) is 0 Å². The van der Waals surface area contributed by atoms with Crippen LogP contribution in [0.2, 0.25) is 0 Å². The molecule has 2 unspecified atom stereocenters. The predicted molar refractivity (Wildman–Crippen MR) is 65.6 cm³/mol. The van der Waals surface area contributed by atoms with Crippen molar-refractivity contribution >= 4 is 5.97 Å². The molecule has 2 atom stereocenters. The zero-order valence-corrected chi connectivity index (χ0v) is 10.7. The Morgan fingerprint density at radius 2 is 1.94 bits per heavy atom. The van der Waals surface area contributed by atoms with E-state index in [1.807, 2.05) is 0 Å². The van der Waals surface area contributed by atoms with Crippen LogP contribution in [-0.4, -0.2) is 27.1 Å². The summed E-state index contributed by atoms with van der Waals surface area (Å²) < 4.78 is 5.75. The van der Waals surface area contributed by atoms with Gasteiger partial charge in [-0.1, -0.05) is 13.8 Å². The molecule has 0 bridgehead atoms. The SMILES string of the molecule is CC1CC(C)CC(Oc2cncc(C(=O)O)n2)C1. The van der Waals surface area contributed by atoms with Crippen molar-refractivity contribution in [1.29, 1.82) is 0 Å². The number of ether oxygens (including phenoxy) is 1. The van der Waals surface area contributed by atoms with Crippen molar-refractivity contribution in [1.82, 2.24) is 9.97 Å². The molecule has 1 aromatic rings. The van der Waals surface area contributed by atoms with Crippen LogP contribution in [0.25, 0.3) is 0 Å². The standard InChI is InChI=1S/C13H18N2O3/c1-8-3-9(2)5-10(4-8)18-12-7-14-6-11(15-12)13(16)17/h6-10H,3-5H2,1-2H3,(H,16,17). The molecule has 18 heavy (non-hydrogen) atoms. The first-order chi connectivity index (χ1) is 8.54. The molecule has 1 heterocycles. The van der Waals surface area contributed by atoms with E-state index in [-0.39, 0.29) is 11.8 Å². The Morgan fingerprint density at radius 1 is 1.28 bits per heavy atom. The van der Waals surface area contributed by atoms with Crippen LogP contribution in [0.5, 0.6) is 5.88 Å². The molecule has 98 valence electrons. The number of aromatic carboxylic acids is 1. The third-order valence-corrected chi connectivity index (χ3v) is 3.25. The zero-order valence-electron chi connectivity index (χ0n) is 10.7. The van der Waals surface area contributed by atoms with Crippen LogP contribution in [0, 0.1) is 11.8 Å².